The van der Waals surface area contributed by atoms with Gasteiger partial charge in [0.1, 0.15) is 13.2 Å². The summed E-state index contributed by atoms with van der Waals surface area (Å²) in [5, 5.41) is 0. The predicted molar refractivity (Wildman–Crippen MR) is 117 cm³/mol. The molecule has 3 rings (SSSR count). The lowest BCUT2D eigenvalue weighted by atomic mass is 9.66. The summed E-state index contributed by atoms with van der Waals surface area (Å²) in [6, 6.07) is 18.1. The first-order chi connectivity index (χ1) is 14.6. The fraction of sp³-hybridized carbons (Fsp3) is 0.462. The van der Waals surface area contributed by atoms with Gasteiger partial charge in [0.2, 0.25) is 0 Å². The Balaban J connectivity index is 1.79. The molecule has 0 bridgehead atoms. The number of rotatable bonds is 9. The summed E-state index contributed by atoms with van der Waals surface area (Å²) >= 11 is 0. The van der Waals surface area contributed by atoms with E-state index >= 15 is 0 Å². The molecule has 0 aromatic heterocycles. The summed E-state index contributed by atoms with van der Waals surface area (Å²) < 4.78 is 11.7. The molecule has 1 aliphatic carbocycles. The minimum absolute atomic E-state index is 0.257. The highest BCUT2D eigenvalue weighted by molar-refractivity contribution is 5.89. The van der Waals surface area contributed by atoms with Gasteiger partial charge in [-0.05, 0) is 48.9 Å². The molecule has 4 heteroatoms. The van der Waals surface area contributed by atoms with Gasteiger partial charge in [-0.15, -0.1) is 0 Å². The van der Waals surface area contributed by atoms with Gasteiger partial charge in [-0.25, -0.2) is 9.59 Å². The van der Waals surface area contributed by atoms with Crippen molar-refractivity contribution >= 4 is 11.9 Å². The third-order valence-corrected chi connectivity index (χ3v) is 6.73. The summed E-state index contributed by atoms with van der Waals surface area (Å²) in [5.74, 6) is -0.0151. The maximum atomic E-state index is 12.6. The monoisotopic (exact) mass is 408 g/mol. The van der Waals surface area contributed by atoms with E-state index in [1.807, 2.05) is 36.4 Å². The van der Waals surface area contributed by atoms with Gasteiger partial charge in [0.05, 0.1) is 11.1 Å². The fourth-order valence-corrected chi connectivity index (χ4v) is 4.59. The highest BCUT2D eigenvalue weighted by Crippen LogP contribution is 2.47. The second-order valence-electron chi connectivity index (χ2n) is 8.41. The Bertz CT molecular complexity index is 754. The first-order valence-electron chi connectivity index (χ1n) is 11.0. The summed E-state index contributed by atoms with van der Waals surface area (Å²) in [7, 11) is 0. The molecule has 1 aliphatic rings. The van der Waals surface area contributed by atoms with Crippen LogP contribution in [0.15, 0.2) is 60.7 Å². The molecule has 0 aliphatic heterocycles. The Kier molecular flexibility index (Phi) is 7.67. The van der Waals surface area contributed by atoms with Crippen LogP contribution < -0.4 is 0 Å². The number of hydrogen-bond donors (Lipinski definition) is 0. The molecule has 0 saturated heterocycles. The van der Waals surface area contributed by atoms with Crippen LogP contribution in [0.2, 0.25) is 0 Å². The molecule has 0 amide bonds. The molecule has 1 fully saturated rings. The molecular weight excluding hydrogens is 376 g/mol. The van der Waals surface area contributed by atoms with Crippen molar-refractivity contribution in [3.8, 4) is 0 Å². The van der Waals surface area contributed by atoms with Gasteiger partial charge < -0.3 is 9.47 Å². The Morgan fingerprint density at radius 2 is 1.30 bits per heavy atom. The van der Waals surface area contributed by atoms with Crippen LogP contribution in [0.3, 0.4) is 0 Å². The topological polar surface area (TPSA) is 52.6 Å². The Morgan fingerprint density at radius 3 is 1.70 bits per heavy atom. The number of hydrogen-bond acceptors (Lipinski definition) is 4. The highest BCUT2D eigenvalue weighted by Gasteiger charge is 2.46. The largest absolute Gasteiger partial charge is 0.461 e. The van der Waals surface area contributed by atoms with Crippen molar-refractivity contribution < 1.29 is 19.1 Å². The Morgan fingerprint density at radius 1 is 0.867 bits per heavy atom. The Labute approximate surface area is 179 Å². The molecule has 0 N–H and O–H groups in total. The van der Waals surface area contributed by atoms with Crippen LogP contribution in [-0.2, 0) is 9.47 Å². The molecule has 1 saturated carbocycles. The molecule has 2 aromatic carbocycles. The summed E-state index contributed by atoms with van der Waals surface area (Å²) in [4.78, 5) is 25.3. The minimum Gasteiger partial charge on any atom is -0.461 e. The maximum absolute atomic E-state index is 12.6. The van der Waals surface area contributed by atoms with Crippen molar-refractivity contribution in [2.75, 3.05) is 13.2 Å². The highest BCUT2D eigenvalue weighted by atomic mass is 16.5. The minimum atomic E-state index is -0.375. The first-order valence-corrected chi connectivity index (χ1v) is 11.0. The third kappa shape index (κ3) is 5.10. The zero-order valence-corrected chi connectivity index (χ0v) is 18.0. The van der Waals surface area contributed by atoms with Crippen LogP contribution in [-0.4, -0.2) is 25.2 Å². The fourth-order valence-electron chi connectivity index (χ4n) is 4.59. The van der Waals surface area contributed by atoms with Crippen molar-refractivity contribution in [3.63, 3.8) is 0 Å². The van der Waals surface area contributed by atoms with E-state index in [1.165, 1.54) is 12.8 Å². The van der Waals surface area contributed by atoms with Crippen molar-refractivity contribution in [1.82, 2.24) is 0 Å². The van der Waals surface area contributed by atoms with Gasteiger partial charge in [-0.2, -0.15) is 0 Å². The second-order valence-corrected chi connectivity index (χ2v) is 8.41. The van der Waals surface area contributed by atoms with E-state index < -0.39 is 0 Å². The van der Waals surface area contributed by atoms with Crippen molar-refractivity contribution in [1.29, 1.82) is 0 Å². The lowest BCUT2D eigenvalue weighted by Gasteiger charge is -2.42. The molecule has 0 spiro atoms. The number of ether oxygens (including phenoxy) is 2. The van der Waals surface area contributed by atoms with E-state index in [1.54, 1.807) is 24.3 Å². The quantitative estimate of drug-likeness (QED) is 0.483. The van der Waals surface area contributed by atoms with E-state index in [0.29, 0.717) is 17.0 Å². The zero-order valence-electron chi connectivity index (χ0n) is 18.0. The SMILES string of the molecule is CCC(C)C(COC(=O)c1ccccc1)(COC(=O)c1ccccc1)C1CCCC1. The molecule has 1 unspecified atom stereocenters. The molecule has 160 valence electrons. The number of carbonyl (C=O) groups is 2. The number of carbonyl (C=O) groups excluding carboxylic acids is 2. The molecular formula is C26H32O4. The van der Waals surface area contributed by atoms with Crippen LogP contribution in [0.25, 0.3) is 0 Å². The average Bonchev–Trinajstić information content (AvgIpc) is 3.35. The van der Waals surface area contributed by atoms with Crippen molar-refractivity contribution in [2.45, 2.75) is 46.0 Å². The van der Waals surface area contributed by atoms with E-state index in [9.17, 15) is 9.59 Å². The van der Waals surface area contributed by atoms with Gasteiger partial charge in [-0.1, -0.05) is 69.5 Å². The van der Waals surface area contributed by atoms with Crippen LogP contribution in [0, 0.1) is 17.3 Å². The van der Waals surface area contributed by atoms with Crippen LogP contribution in [0.4, 0.5) is 0 Å². The van der Waals surface area contributed by atoms with Crippen LogP contribution >= 0.6 is 0 Å². The molecule has 0 heterocycles. The lowest BCUT2D eigenvalue weighted by molar-refractivity contribution is -0.0590. The van der Waals surface area contributed by atoms with Gasteiger partial charge in [-0.3, -0.25) is 0 Å². The zero-order chi connectivity index (χ0) is 21.4. The number of benzene rings is 2. The predicted octanol–water partition coefficient (Wildman–Crippen LogP) is 5.92. The summed E-state index contributed by atoms with van der Waals surface area (Å²) in [5.41, 5.74) is 0.714. The van der Waals surface area contributed by atoms with E-state index in [-0.39, 0.29) is 36.5 Å². The number of esters is 2. The maximum Gasteiger partial charge on any atom is 0.338 e. The van der Waals surface area contributed by atoms with Gasteiger partial charge in [0.25, 0.3) is 0 Å². The summed E-state index contributed by atoms with van der Waals surface area (Å²) in [6.45, 7) is 4.86. The lowest BCUT2D eigenvalue weighted by Crippen LogP contribution is -2.45. The molecule has 30 heavy (non-hydrogen) atoms. The first kappa shape index (κ1) is 22.1. The third-order valence-electron chi connectivity index (χ3n) is 6.73. The smallest absolute Gasteiger partial charge is 0.338 e. The molecule has 1 atom stereocenters. The van der Waals surface area contributed by atoms with Crippen LogP contribution in [0.5, 0.6) is 0 Å². The molecule has 4 nitrogen and oxygen atoms in total. The van der Waals surface area contributed by atoms with Gasteiger partial charge in [0, 0.05) is 5.41 Å². The van der Waals surface area contributed by atoms with Gasteiger partial charge >= 0.3 is 11.9 Å². The second kappa shape index (κ2) is 10.4. The van der Waals surface area contributed by atoms with Crippen molar-refractivity contribution in [2.24, 2.45) is 17.3 Å². The molecule has 2 aromatic rings. The van der Waals surface area contributed by atoms with E-state index in [2.05, 4.69) is 13.8 Å². The van der Waals surface area contributed by atoms with Gasteiger partial charge in [0.15, 0.2) is 0 Å². The van der Waals surface area contributed by atoms with Crippen molar-refractivity contribution in [3.05, 3.63) is 71.8 Å². The normalized spacial score (nSPS) is 15.5. The molecule has 0 radical (unpaired) electrons. The van der Waals surface area contributed by atoms with Crippen LogP contribution in [0.1, 0.15) is 66.7 Å². The standard InChI is InChI=1S/C26H32O4/c1-3-20(2)26(23-16-10-11-17-23,18-29-24(27)21-12-6-4-7-13-21)19-30-25(28)22-14-8-5-9-15-22/h4-9,12-15,20,23H,3,10-11,16-19H2,1-2H3. The van der Waals surface area contributed by atoms with E-state index in [4.69, 9.17) is 9.47 Å². The van der Waals surface area contributed by atoms with E-state index in [0.717, 1.165) is 19.3 Å². The average molecular weight is 409 g/mol. The summed E-state index contributed by atoms with van der Waals surface area (Å²) in [6.07, 6.45) is 5.43. The Hall–Kier alpha value is -2.62.